The SMILES string of the molecule is C=CCC1(C(=O)OCC)CN(C(=O)Nc2ccc(OC(F)(F)F)cc2)N=C1c1ccc(Cl)cc1. The number of carbonyl (C=O) groups excluding carboxylic acids is 2. The second-order valence-electron chi connectivity index (χ2n) is 7.31. The maximum absolute atomic E-state index is 13.0. The molecule has 0 fully saturated rings. The molecule has 0 aliphatic carbocycles. The smallest absolute Gasteiger partial charge is 0.465 e. The van der Waals surface area contributed by atoms with Crippen LogP contribution in [0, 0.1) is 5.41 Å². The molecule has 1 aliphatic heterocycles. The molecule has 1 heterocycles. The maximum atomic E-state index is 13.0. The normalized spacial score (nSPS) is 17.7. The van der Waals surface area contributed by atoms with Crippen LogP contribution in [0.4, 0.5) is 23.7 Å². The summed E-state index contributed by atoms with van der Waals surface area (Å²) in [6.45, 7) is 5.40. The minimum absolute atomic E-state index is 0.128. The molecular formula is C23H21ClF3N3O4. The minimum atomic E-state index is -4.82. The van der Waals surface area contributed by atoms with Crippen LogP contribution in [0.3, 0.4) is 0 Å². The number of ether oxygens (including phenoxy) is 2. The van der Waals surface area contributed by atoms with Crippen LogP contribution in [0.1, 0.15) is 18.9 Å². The molecule has 0 saturated carbocycles. The van der Waals surface area contributed by atoms with Crippen molar-refractivity contribution in [1.29, 1.82) is 0 Å². The Balaban J connectivity index is 1.89. The van der Waals surface area contributed by atoms with E-state index in [1.807, 2.05) is 0 Å². The third kappa shape index (κ3) is 5.69. The number of nitrogens with one attached hydrogen (secondary N) is 1. The fourth-order valence-electron chi connectivity index (χ4n) is 3.49. The first-order chi connectivity index (χ1) is 16.1. The standard InChI is InChI=1S/C23H21ClF3N3O4/c1-3-13-22(20(31)33-4-2)14-30(29-19(22)15-5-7-16(24)8-6-15)21(32)28-17-9-11-18(12-10-17)34-23(25,26)27/h3,5-12H,1,4,13-14H2,2H3,(H,28,32). The van der Waals surface area contributed by atoms with Crippen LogP contribution in [-0.4, -0.2) is 42.2 Å². The van der Waals surface area contributed by atoms with Gasteiger partial charge in [0.2, 0.25) is 0 Å². The highest BCUT2D eigenvalue weighted by Gasteiger charge is 2.51. The minimum Gasteiger partial charge on any atom is -0.465 e. The van der Waals surface area contributed by atoms with Crippen LogP contribution < -0.4 is 10.1 Å². The number of amides is 2. The summed E-state index contributed by atoms with van der Waals surface area (Å²) in [5, 5.41) is 8.51. The topological polar surface area (TPSA) is 80.2 Å². The van der Waals surface area contributed by atoms with Crippen molar-refractivity contribution in [2.24, 2.45) is 10.5 Å². The van der Waals surface area contributed by atoms with Crippen LogP contribution in [0.2, 0.25) is 5.02 Å². The van der Waals surface area contributed by atoms with E-state index in [9.17, 15) is 22.8 Å². The van der Waals surface area contributed by atoms with Crippen molar-refractivity contribution in [2.75, 3.05) is 18.5 Å². The average molecular weight is 496 g/mol. The fraction of sp³-hybridized carbons (Fsp3) is 0.261. The highest BCUT2D eigenvalue weighted by Crippen LogP contribution is 2.37. The van der Waals surface area contributed by atoms with Gasteiger partial charge in [-0.15, -0.1) is 19.8 Å². The number of benzene rings is 2. The van der Waals surface area contributed by atoms with Gasteiger partial charge in [0.05, 0.1) is 18.9 Å². The second kappa shape index (κ2) is 10.2. The molecule has 180 valence electrons. The molecule has 2 aromatic carbocycles. The Labute approximate surface area is 198 Å². The lowest BCUT2D eigenvalue weighted by atomic mass is 9.77. The number of anilines is 1. The molecule has 0 radical (unpaired) electrons. The summed E-state index contributed by atoms with van der Waals surface area (Å²) in [6, 6.07) is 10.6. The van der Waals surface area contributed by atoms with Crippen LogP contribution in [0.25, 0.3) is 0 Å². The van der Waals surface area contributed by atoms with E-state index < -0.39 is 29.5 Å². The summed E-state index contributed by atoms with van der Waals surface area (Å²) in [6.07, 6.45) is -3.13. The Morgan fingerprint density at radius 2 is 1.85 bits per heavy atom. The second-order valence-corrected chi connectivity index (χ2v) is 7.75. The van der Waals surface area contributed by atoms with E-state index in [4.69, 9.17) is 16.3 Å². The average Bonchev–Trinajstić information content (AvgIpc) is 3.16. The zero-order valence-electron chi connectivity index (χ0n) is 18.1. The van der Waals surface area contributed by atoms with Crippen LogP contribution >= 0.6 is 11.6 Å². The summed E-state index contributed by atoms with van der Waals surface area (Å²) in [5.74, 6) is -0.991. The van der Waals surface area contributed by atoms with Crippen molar-refractivity contribution in [2.45, 2.75) is 19.7 Å². The number of hydrogen-bond donors (Lipinski definition) is 1. The van der Waals surface area contributed by atoms with E-state index in [0.29, 0.717) is 16.3 Å². The van der Waals surface area contributed by atoms with Crippen molar-refractivity contribution in [1.82, 2.24) is 5.01 Å². The molecule has 7 nitrogen and oxygen atoms in total. The van der Waals surface area contributed by atoms with E-state index in [1.165, 1.54) is 12.1 Å². The molecule has 1 unspecified atom stereocenters. The van der Waals surface area contributed by atoms with Crippen LogP contribution in [0.15, 0.2) is 66.3 Å². The highest BCUT2D eigenvalue weighted by atomic mass is 35.5. The van der Waals surface area contributed by atoms with Crippen molar-refractivity contribution in [3.63, 3.8) is 0 Å². The van der Waals surface area contributed by atoms with E-state index >= 15 is 0 Å². The molecule has 0 saturated heterocycles. The molecule has 2 amide bonds. The highest BCUT2D eigenvalue weighted by molar-refractivity contribution is 6.30. The first kappa shape index (κ1) is 25.1. The number of rotatable bonds is 7. The number of urea groups is 1. The predicted molar refractivity (Wildman–Crippen MR) is 121 cm³/mol. The summed E-state index contributed by atoms with van der Waals surface area (Å²) in [4.78, 5) is 26.0. The summed E-state index contributed by atoms with van der Waals surface area (Å²) in [7, 11) is 0. The Bertz CT molecular complexity index is 1090. The summed E-state index contributed by atoms with van der Waals surface area (Å²) >= 11 is 5.99. The third-order valence-corrected chi connectivity index (χ3v) is 5.20. The van der Waals surface area contributed by atoms with Crippen LogP contribution in [-0.2, 0) is 9.53 Å². The quantitative estimate of drug-likeness (QED) is 0.399. The van der Waals surface area contributed by atoms with Gasteiger partial charge < -0.3 is 14.8 Å². The molecule has 34 heavy (non-hydrogen) atoms. The number of alkyl halides is 3. The van der Waals surface area contributed by atoms with Crippen LogP contribution in [0.5, 0.6) is 5.75 Å². The monoisotopic (exact) mass is 495 g/mol. The molecule has 1 aliphatic rings. The molecule has 0 aromatic heterocycles. The predicted octanol–water partition coefficient (Wildman–Crippen LogP) is 5.62. The molecule has 0 bridgehead atoms. The van der Waals surface area contributed by atoms with Gasteiger partial charge in [0, 0.05) is 10.7 Å². The Kier molecular flexibility index (Phi) is 7.51. The van der Waals surface area contributed by atoms with Gasteiger partial charge in [-0.2, -0.15) is 5.10 Å². The van der Waals surface area contributed by atoms with E-state index in [1.54, 1.807) is 37.3 Å². The van der Waals surface area contributed by atoms with Gasteiger partial charge in [-0.05, 0) is 55.3 Å². The molecule has 11 heteroatoms. The molecule has 1 atom stereocenters. The van der Waals surface area contributed by atoms with Gasteiger partial charge in [0.1, 0.15) is 11.2 Å². The molecule has 1 N–H and O–H groups in total. The first-order valence-electron chi connectivity index (χ1n) is 10.2. The lowest BCUT2D eigenvalue weighted by Gasteiger charge is -2.27. The summed E-state index contributed by atoms with van der Waals surface area (Å²) < 4.78 is 46.2. The number of esters is 1. The third-order valence-electron chi connectivity index (χ3n) is 4.94. The van der Waals surface area contributed by atoms with E-state index in [-0.39, 0.29) is 25.3 Å². The number of halogens is 4. The maximum Gasteiger partial charge on any atom is 0.573 e. The van der Waals surface area contributed by atoms with Gasteiger partial charge in [-0.3, -0.25) is 4.79 Å². The number of hydrogen-bond acceptors (Lipinski definition) is 5. The van der Waals surface area contributed by atoms with Crippen molar-refractivity contribution < 1.29 is 32.2 Å². The van der Waals surface area contributed by atoms with Gasteiger partial charge in [0.25, 0.3) is 0 Å². The van der Waals surface area contributed by atoms with Gasteiger partial charge in [-0.1, -0.05) is 29.8 Å². The zero-order chi connectivity index (χ0) is 24.9. The summed E-state index contributed by atoms with van der Waals surface area (Å²) in [5.41, 5.74) is -0.206. The van der Waals surface area contributed by atoms with E-state index in [0.717, 1.165) is 17.1 Å². The van der Waals surface area contributed by atoms with Crippen molar-refractivity contribution >= 4 is 35.0 Å². The first-order valence-corrected chi connectivity index (χ1v) is 10.5. The largest absolute Gasteiger partial charge is 0.573 e. The van der Waals surface area contributed by atoms with E-state index in [2.05, 4.69) is 21.7 Å². The van der Waals surface area contributed by atoms with Crippen molar-refractivity contribution in [3.05, 3.63) is 71.8 Å². The van der Waals surface area contributed by atoms with Gasteiger partial charge in [0.15, 0.2) is 0 Å². The number of hydrazone groups is 1. The molecular weight excluding hydrogens is 475 g/mol. The zero-order valence-corrected chi connectivity index (χ0v) is 18.8. The van der Waals surface area contributed by atoms with Crippen molar-refractivity contribution in [3.8, 4) is 5.75 Å². The lowest BCUT2D eigenvalue weighted by Crippen LogP contribution is -2.44. The van der Waals surface area contributed by atoms with Gasteiger partial charge >= 0.3 is 18.4 Å². The fourth-order valence-corrected chi connectivity index (χ4v) is 3.62. The molecule has 2 aromatic rings. The number of nitrogens with zero attached hydrogens (tertiary/aromatic N) is 2. The molecule has 3 rings (SSSR count). The number of allylic oxidation sites excluding steroid dienone is 1. The Hall–Kier alpha value is -3.53. The Morgan fingerprint density at radius 3 is 2.41 bits per heavy atom. The lowest BCUT2D eigenvalue weighted by molar-refractivity contribution is -0.274. The van der Waals surface area contributed by atoms with Gasteiger partial charge in [-0.25, -0.2) is 9.80 Å². The number of carbonyl (C=O) groups is 2. The molecule has 0 spiro atoms. The Morgan fingerprint density at radius 1 is 1.21 bits per heavy atom.